The fraction of sp³-hybridized carbons (Fsp3) is 0.400. The molecule has 14 heteroatoms. The summed E-state index contributed by atoms with van der Waals surface area (Å²) in [5.74, 6) is -1.39. The number of carbonyl (C=O) groups is 3. The minimum atomic E-state index is -1.19. The zero-order valence-electron chi connectivity index (χ0n) is 30.1. The maximum Gasteiger partial charge on any atom is 0.326 e. The Morgan fingerprint density at radius 1 is 1.11 bits per heavy atom. The summed E-state index contributed by atoms with van der Waals surface area (Å²) < 4.78 is 29.5. The molecule has 0 radical (unpaired) electrons. The molecule has 2 heterocycles. The monoisotopic (exact) mass is 779 g/mol. The number of carbonyl (C=O) groups excluding carboxylic acids is 2. The van der Waals surface area contributed by atoms with E-state index < -0.39 is 23.7 Å². The number of halogens is 3. The number of carboxylic acids is 1. The van der Waals surface area contributed by atoms with Crippen LogP contribution in [0.15, 0.2) is 60.9 Å². The van der Waals surface area contributed by atoms with Crippen LogP contribution in [0.3, 0.4) is 0 Å². The molecule has 0 unspecified atom stereocenters. The fourth-order valence-electron chi connectivity index (χ4n) is 6.92. The molecule has 1 aromatic heterocycles. The van der Waals surface area contributed by atoms with Crippen LogP contribution >= 0.6 is 23.2 Å². The Kier molecular flexibility index (Phi) is 12.5. The van der Waals surface area contributed by atoms with Crippen molar-refractivity contribution in [3.63, 3.8) is 0 Å². The lowest BCUT2D eigenvalue weighted by molar-refractivity contribution is -0.139. The molecule has 2 aliphatic rings. The maximum absolute atomic E-state index is 15.5. The first kappa shape index (κ1) is 39.1. The van der Waals surface area contributed by atoms with Crippen LogP contribution in [0.25, 0.3) is 11.1 Å². The average Bonchev–Trinajstić information content (AvgIpc) is 3.52. The minimum Gasteiger partial charge on any atom is -0.493 e. The summed E-state index contributed by atoms with van der Waals surface area (Å²) in [4.78, 5) is 40.2. The van der Waals surface area contributed by atoms with Crippen LogP contribution in [0.4, 0.5) is 10.1 Å². The largest absolute Gasteiger partial charge is 0.493 e. The topological polar surface area (TPSA) is 149 Å². The van der Waals surface area contributed by atoms with E-state index in [0.29, 0.717) is 79.8 Å². The second kappa shape index (κ2) is 17.2. The Labute approximate surface area is 323 Å². The van der Waals surface area contributed by atoms with Crippen molar-refractivity contribution in [2.24, 2.45) is 11.1 Å². The molecule has 11 nitrogen and oxygen atoms in total. The van der Waals surface area contributed by atoms with Gasteiger partial charge in [-0.1, -0.05) is 47.8 Å². The van der Waals surface area contributed by atoms with Crippen molar-refractivity contribution in [1.29, 1.82) is 0 Å². The molecule has 2 amide bonds. The maximum atomic E-state index is 15.5. The number of carboxylic acid groups (broad SMARTS) is 1. The van der Waals surface area contributed by atoms with Gasteiger partial charge in [-0.2, -0.15) is 5.10 Å². The van der Waals surface area contributed by atoms with E-state index in [2.05, 4.69) is 10.4 Å². The molecule has 1 saturated carbocycles. The van der Waals surface area contributed by atoms with Gasteiger partial charge in [-0.25, -0.2) is 9.18 Å². The van der Waals surface area contributed by atoms with E-state index in [4.69, 9.17) is 38.4 Å². The van der Waals surface area contributed by atoms with Crippen molar-refractivity contribution in [2.75, 3.05) is 31.2 Å². The molecule has 1 atom stereocenters. The van der Waals surface area contributed by atoms with Crippen molar-refractivity contribution in [3.8, 4) is 22.6 Å². The highest BCUT2D eigenvalue weighted by Gasteiger charge is 2.43. The van der Waals surface area contributed by atoms with Gasteiger partial charge in [0.1, 0.15) is 17.6 Å². The van der Waals surface area contributed by atoms with Crippen molar-refractivity contribution >= 4 is 46.7 Å². The third-order valence-corrected chi connectivity index (χ3v) is 11.0. The third kappa shape index (κ3) is 8.83. The van der Waals surface area contributed by atoms with E-state index in [0.717, 1.165) is 36.5 Å². The number of nitrogens with zero attached hydrogens (tertiary/aromatic N) is 3. The normalized spacial score (nSPS) is 15.1. The number of anilines is 1. The highest BCUT2D eigenvalue weighted by molar-refractivity contribution is 6.32. The standard InChI is InChI=1S/C40H44Cl2FN5O6/c1-25-30(41)9-5-12-35(25)53-17-6-13-36(49)48-23-40(14-7-15-40)24-54-37-28(8-4-11-34(37)48)27-20-45-47(21-27)22-29-31(42)18-26(19-32(29)43)38(50)46-33(39(51)52)10-2-3-16-44/h4-5,8-9,11-12,18-21,33H,2-3,6-7,10,13-17,22-24,44H2,1H3,(H,46,50)(H,51,52)/t33-/m0/s1. The molecule has 4 aromatic rings. The number of hydrogen-bond acceptors (Lipinski definition) is 7. The van der Waals surface area contributed by atoms with Gasteiger partial charge in [0.25, 0.3) is 5.91 Å². The number of aliphatic carboxylic acids is 1. The average molecular weight is 781 g/mol. The van der Waals surface area contributed by atoms with Gasteiger partial charge in [0, 0.05) is 62.4 Å². The molecule has 4 N–H and O–H groups in total. The number of benzene rings is 3. The highest BCUT2D eigenvalue weighted by atomic mass is 35.5. The summed E-state index contributed by atoms with van der Waals surface area (Å²) >= 11 is 12.7. The van der Waals surface area contributed by atoms with Crippen LogP contribution in [0.5, 0.6) is 11.5 Å². The summed E-state index contributed by atoms with van der Waals surface area (Å²) in [6, 6.07) is 12.4. The number of hydrogen-bond donors (Lipinski definition) is 3. The Hall–Kier alpha value is -4.65. The third-order valence-electron chi connectivity index (χ3n) is 10.2. The molecular formula is C40H44Cl2FN5O6. The van der Waals surface area contributed by atoms with E-state index in [1.54, 1.807) is 12.4 Å². The molecule has 6 rings (SSSR count). The summed E-state index contributed by atoms with van der Waals surface area (Å²) in [6.07, 6.45) is 8.56. The molecule has 0 saturated heterocycles. The first-order chi connectivity index (χ1) is 26.0. The van der Waals surface area contributed by atoms with E-state index in [1.807, 2.05) is 48.2 Å². The van der Waals surface area contributed by atoms with Crippen LogP contribution in [0, 0.1) is 18.2 Å². The molecule has 1 aliphatic carbocycles. The summed E-state index contributed by atoms with van der Waals surface area (Å²) in [5.41, 5.74) is 8.39. The minimum absolute atomic E-state index is 0.00262. The zero-order chi connectivity index (χ0) is 38.4. The Bertz CT molecular complexity index is 2000. The molecule has 1 fully saturated rings. The lowest BCUT2D eigenvalue weighted by atomic mass is 9.69. The van der Waals surface area contributed by atoms with Crippen LogP contribution in [0.1, 0.15) is 72.9 Å². The molecule has 3 aromatic carbocycles. The molecule has 54 heavy (non-hydrogen) atoms. The first-order valence-corrected chi connectivity index (χ1v) is 18.9. The molecule has 286 valence electrons. The molecule has 1 aliphatic heterocycles. The van der Waals surface area contributed by atoms with E-state index >= 15 is 4.39 Å². The first-order valence-electron chi connectivity index (χ1n) is 18.2. The number of amides is 2. The Morgan fingerprint density at radius 3 is 2.63 bits per heavy atom. The van der Waals surface area contributed by atoms with Gasteiger partial charge in [-0.15, -0.1) is 0 Å². The fourth-order valence-corrected chi connectivity index (χ4v) is 7.36. The summed E-state index contributed by atoms with van der Waals surface area (Å²) in [5, 5.41) is 17.1. The lowest BCUT2D eigenvalue weighted by Gasteiger charge is -2.42. The van der Waals surface area contributed by atoms with E-state index in [9.17, 15) is 19.5 Å². The number of fused-ring (bicyclic) bond motifs is 1. The smallest absolute Gasteiger partial charge is 0.326 e. The molecular weight excluding hydrogens is 736 g/mol. The summed E-state index contributed by atoms with van der Waals surface area (Å²) in [7, 11) is 0. The number of nitrogens with two attached hydrogens (primary N) is 1. The van der Waals surface area contributed by atoms with Gasteiger partial charge in [-0.3, -0.25) is 14.3 Å². The van der Waals surface area contributed by atoms with Gasteiger partial charge >= 0.3 is 5.97 Å². The second-order valence-electron chi connectivity index (χ2n) is 14.1. The van der Waals surface area contributed by atoms with Crippen molar-refractivity contribution in [1.82, 2.24) is 15.1 Å². The highest BCUT2D eigenvalue weighted by Crippen LogP contribution is 2.49. The Balaban J connectivity index is 1.17. The van der Waals surface area contributed by atoms with Gasteiger partial charge in [-0.05, 0) is 82.3 Å². The van der Waals surface area contributed by atoms with Gasteiger partial charge < -0.3 is 30.5 Å². The number of para-hydroxylation sites is 1. The second-order valence-corrected chi connectivity index (χ2v) is 14.9. The van der Waals surface area contributed by atoms with Gasteiger partial charge in [0.2, 0.25) is 5.91 Å². The van der Waals surface area contributed by atoms with Crippen LogP contribution in [-0.2, 0) is 16.1 Å². The van der Waals surface area contributed by atoms with E-state index in [-0.39, 0.29) is 40.4 Å². The lowest BCUT2D eigenvalue weighted by Crippen LogP contribution is -2.46. The van der Waals surface area contributed by atoms with Crippen molar-refractivity contribution in [3.05, 3.63) is 93.5 Å². The number of unbranched alkanes of at least 4 members (excludes halogenated alkanes) is 1. The van der Waals surface area contributed by atoms with Crippen LogP contribution in [0.2, 0.25) is 10.0 Å². The van der Waals surface area contributed by atoms with Crippen molar-refractivity contribution < 1.29 is 33.4 Å². The molecule has 1 spiro atoms. The van der Waals surface area contributed by atoms with Crippen molar-refractivity contribution in [2.45, 2.75) is 70.9 Å². The van der Waals surface area contributed by atoms with E-state index in [1.165, 1.54) is 10.7 Å². The predicted molar refractivity (Wildman–Crippen MR) is 205 cm³/mol. The Morgan fingerprint density at radius 2 is 1.91 bits per heavy atom. The predicted octanol–water partition coefficient (Wildman–Crippen LogP) is 7.42. The van der Waals surface area contributed by atoms with Crippen LogP contribution < -0.4 is 25.4 Å². The zero-order valence-corrected chi connectivity index (χ0v) is 31.6. The number of rotatable bonds is 15. The molecule has 0 bridgehead atoms. The number of aromatic nitrogens is 2. The van der Waals surface area contributed by atoms with Gasteiger partial charge in [0.05, 0.1) is 31.6 Å². The SMILES string of the molecule is Cc1c(Cl)cccc1OCCCC(=O)N1CC2(CCC2)COc2c(-c3cnn(Cc4c(F)cc(C(=O)N[C@@H](CCCCN)C(=O)O)cc4Cl)c3)cccc21. The quantitative estimate of drug-likeness (QED) is 0.106. The number of ether oxygens (including phenoxy) is 2. The summed E-state index contributed by atoms with van der Waals surface area (Å²) in [6.45, 7) is 3.68. The van der Waals surface area contributed by atoms with Crippen LogP contribution in [-0.4, -0.2) is 65.0 Å². The van der Waals surface area contributed by atoms with Gasteiger partial charge in [0.15, 0.2) is 5.75 Å². The number of nitrogens with one attached hydrogen (secondary N) is 1.